The zero-order chi connectivity index (χ0) is 26.2. The highest BCUT2D eigenvalue weighted by Crippen LogP contribution is 2.38. The maximum absolute atomic E-state index is 12.7. The maximum atomic E-state index is 12.7. The highest BCUT2D eigenvalue weighted by atomic mass is 35.5. The van der Waals surface area contributed by atoms with Crippen molar-refractivity contribution < 1.29 is 10.5 Å². The SMILES string of the molecule is CN.CN.Cl.N.N.O=C1c2ccccc2-c2cc(Nc3nc(N4CCCCC4)nc(N4CCCCC4)n3)ccc21.[HH].[HH].[HH].[HH]. The summed E-state index contributed by atoms with van der Waals surface area (Å²) < 4.78 is 0. The molecular weight excluding hydrogens is 528 g/mol. The summed E-state index contributed by atoms with van der Waals surface area (Å²) in [6.45, 7) is 3.95. The third kappa shape index (κ3) is 7.43. The lowest BCUT2D eigenvalue weighted by Gasteiger charge is -2.30. The van der Waals surface area contributed by atoms with Gasteiger partial charge in [0, 0.05) is 48.7 Å². The molecule has 0 unspecified atom stereocenters. The largest absolute Gasteiger partial charge is 0.344 e. The van der Waals surface area contributed by atoms with Crippen LogP contribution in [0, 0.1) is 0 Å². The molecule has 2 fully saturated rings. The van der Waals surface area contributed by atoms with Gasteiger partial charge in [-0.05, 0) is 81.9 Å². The molecule has 0 radical (unpaired) electrons. The van der Waals surface area contributed by atoms with Crippen molar-refractivity contribution in [2.24, 2.45) is 11.5 Å². The lowest BCUT2D eigenvalue weighted by molar-refractivity contribution is 0.104. The van der Waals surface area contributed by atoms with E-state index in [1.807, 2.05) is 42.5 Å². The molecular formula is C28H53ClN10O. The third-order valence-electron chi connectivity index (χ3n) is 6.87. The minimum Gasteiger partial charge on any atom is -0.344 e. The molecule has 12 heteroatoms. The van der Waals surface area contributed by atoms with Gasteiger partial charge in [-0.15, -0.1) is 12.4 Å². The second-order valence-electron chi connectivity index (χ2n) is 9.11. The molecule has 6 rings (SSSR count). The number of hydrogen-bond acceptors (Lipinski definition) is 11. The van der Waals surface area contributed by atoms with E-state index >= 15 is 0 Å². The molecule has 3 aliphatic rings. The summed E-state index contributed by atoms with van der Waals surface area (Å²) in [7, 11) is 3.00. The summed E-state index contributed by atoms with van der Waals surface area (Å²) in [5, 5.41) is 3.41. The van der Waals surface area contributed by atoms with E-state index in [4.69, 9.17) is 15.0 Å². The number of ketones is 1. The van der Waals surface area contributed by atoms with Crippen LogP contribution in [0.4, 0.5) is 23.5 Å². The number of carbonyl (C=O) groups is 1. The van der Waals surface area contributed by atoms with E-state index in [-0.39, 0.29) is 36.2 Å². The molecule has 0 spiro atoms. The number of fused-ring (bicyclic) bond motifs is 3. The molecule has 0 bridgehead atoms. The molecule has 40 heavy (non-hydrogen) atoms. The number of piperidine rings is 2. The Labute approximate surface area is 249 Å². The number of benzene rings is 2. The molecule has 2 aliphatic heterocycles. The van der Waals surface area contributed by atoms with Gasteiger partial charge in [-0.3, -0.25) is 4.79 Å². The van der Waals surface area contributed by atoms with Crippen molar-refractivity contribution in [3.8, 4) is 11.1 Å². The molecule has 0 saturated carbocycles. The second kappa shape index (κ2) is 16.7. The molecule has 0 atom stereocenters. The van der Waals surface area contributed by atoms with Crippen molar-refractivity contribution in [2.45, 2.75) is 38.5 Å². The first-order valence-electron chi connectivity index (χ1n) is 13.2. The van der Waals surface area contributed by atoms with E-state index in [2.05, 4.69) is 26.6 Å². The Hall–Kier alpha value is -3.35. The molecule has 1 aliphatic carbocycles. The summed E-state index contributed by atoms with van der Waals surface area (Å²) in [5.41, 5.74) is 13.3. The minimum atomic E-state index is 0. The molecule has 3 heterocycles. The first kappa shape index (κ1) is 34.7. The number of nitrogens with one attached hydrogen (secondary N) is 1. The van der Waals surface area contributed by atoms with Crippen molar-refractivity contribution in [1.29, 1.82) is 0 Å². The van der Waals surface area contributed by atoms with Gasteiger partial charge in [0.25, 0.3) is 0 Å². The Morgan fingerprint density at radius 2 is 1.15 bits per heavy atom. The highest BCUT2D eigenvalue weighted by Gasteiger charge is 2.26. The van der Waals surface area contributed by atoms with Crippen molar-refractivity contribution in [1.82, 2.24) is 27.3 Å². The van der Waals surface area contributed by atoms with Gasteiger partial charge in [-0.1, -0.05) is 24.3 Å². The van der Waals surface area contributed by atoms with Crippen LogP contribution in [0.3, 0.4) is 0 Å². The Morgan fingerprint density at radius 1 is 0.675 bits per heavy atom. The van der Waals surface area contributed by atoms with Crippen LogP contribution in [0.25, 0.3) is 11.1 Å². The van der Waals surface area contributed by atoms with Crippen LogP contribution < -0.4 is 38.9 Å². The zero-order valence-corrected chi connectivity index (χ0v) is 24.6. The predicted octanol–water partition coefficient (Wildman–Crippen LogP) is 5.69. The second-order valence-corrected chi connectivity index (χ2v) is 9.11. The van der Waals surface area contributed by atoms with Gasteiger partial charge in [0.05, 0.1) is 0 Å². The average molecular weight is 581 g/mol. The third-order valence-corrected chi connectivity index (χ3v) is 6.87. The van der Waals surface area contributed by atoms with Crippen LogP contribution in [-0.4, -0.2) is 61.0 Å². The summed E-state index contributed by atoms with van der Waals surface area (Å²) in [5.74, 6) is 2.17. The Balaban J connectivity index is -0.000000700. The lowest BCUT2D eigenvalue weighted by Crippen LogP contribution is -2.34. The van der Waals surface area contributed by atoms with E-state index in [0.29, 0.717) is 5.95 Å². The van der Waals surface area contributed by atoms with Crippen LogP contribution in [0.1, 0.15) is 60.2 Å². The highest BCUT2D eigenvalue weighted by molar-refractivity contribution is 6.22. The summed E-state index contributed by atoms with van der Waals surface area (Å²) in [6.07, 6.45) is 7.22. The monoisotopic (exact) mass is 580 g/mol. The Kier molecular flexibility index (Phi) is 14.5. The van der Waals surface area contributed by atoms with E-state index in [1.54, 1.807) is 0 Å². The smallest absolute Gasteiger partial charge is 0.233 e. The molecule has 3 aromatic rings. The van der Waals surface area contributed by atoms with Gasteiger partial charge in [-0.25, -0.2) is 0 Å². The molecule has 2 saturated heterocycles. The predicted molar refractivity (Wildman–Crippen MR) is 177 cm³/mol. The van der Waals surface area contributed by atoms with E-state index in [1.165, 1.54) is 52.6 Å². The molecule has 11 N–H and O–H groups in total. The maximum Gasteiger partial charge on any atom is 0.233 e. The van der Waals surface area contributed by atoms with Gasteiger partial charge in [0.2, 0.25) is 17.8 Å². The Morgan fingerprint density at radius 3 is 1.68 bits per heavy atom. The number of aromatic nitrogens is 3. The fourth-order valence-corrected chi connectivity index (χ4v) is 5.11. The van der Waals surface area contributed by atoms with Crippen LogP contribution >= 0.6 is 12.4 Å². The topological polar surface area (TPSA) is 196 Å². The minimum absolute atomic E-state index is 0. The van der Waals surface area contributed by atoms with Crippen LogP contribution in [0.15, 0.2) is 42.5 Å². The van der Waals surface area contributed by atoms with Crippen LogP contribution in [0.2, 0.25) is 0 Å². The van der Waals surface area contributed by atoms with Crippen molar-refractivity contribution in [2.75, 3.05) is 55.4 Å². The zero-order valence-electron chi connectivity index (χ0n) is 23.7. The van der Waals surface area contributed by atoms with Crippen LogP contribution in [-0.2, 0) is 0 Å². The van der Waals surface area contributed by atoms with Gasteiger partial charge >= 0.3 is 0 Å². The molecule has 228 valence electrons. The lowest BCUT2D eigenvalue weighted by atomic mass is 10.1. The van der Waals surface area contributed by atoms with Crippen molar-refractivity contribution >= 4 is 41.7 Å². The number of anilines is 4. The van der Waals surface area contributed by atoms with E-state index < -0.39 is 0 Å². The van der Waals surface area contributed by atoms with Crippen LogP contribution in [0.5, 0.6) is 0 Å². The molecule has 11 nitrogen and oxygen atoms in total. The number of nitrogens with two attached hydrogens (primary N) is 2. The fourth-order valence-electron chi connectivity index (χ4n) is 5.11. The molecule has 2 aromatic carbocycles. The number of nitrogens with zero attached hydrogens (tertiary/aromatic N) is 5. The van der Waals surface area contributed by atoms with Crippen molar-refractivity contribution in [3.63, 3.8) is 0 Å². The quantitative estimate of drug-likeness (QED) is 0.199. The standard InChI is InChI=1S/C26H28N6O.2CH5N.ClH.2H3N.4H2/c33-23-20-10-4-3-9-19(20)22-17-18(11-12-21(22)23)27-24-28-25(31-13-5-1-6-14-31)30-26(29-24)32-15-7-2-8-16-32;2*1-2;;;;;;;/h3-4,9-12,17H,1-2,5-8,13-16H2,(H,27,28,29,30);2*2H2,1H3;1H;2*1H3;4*1H. The average Bonchev–Trinajstić information content (AvgIpc) is 3.27. The molecule has 1 aromatic heterocycles. The van der Waals surface area contributed by atoms with Crippen molar-refractivity contribution in [3.05, 3.63) is 53.6 Å². The van der Waals surface area contributed by atoms with Gasteiger partial charge in [0.1, 0.15) is 0 Å². The summed E-state index contributed by atoms with van der Waals surface area (Å²) >= 11 is 0. The summed E-state index contributed by atoms with van der Waals surface area (Å²) in [6, 6.07) is 13.7. The van der Waals surface area contributed by atoms with Gasteiger partial charge in [0.15, 0.2) is 5.78 Å². The fraction of sp³-hybridized carbons (Fsp3) is 0.429. The van der Waals surface area contributed by atoms with E-state index in [0.717, 1.165) is 66.0 Å². The first-order chi connectivity index (χ1) is 18.3. The number of carbonyl (C=O) groups excluding carboxylic acids is 1. The Bertz CT molecular complexity index is 1200. The van der Waals surface area contributed by atoms with Gasteiger partial charge in [-0.2, -0.15) is 15.0 Å². The van der Waals surface area contributed by atoms with Gasteiger partial charge < -0.3 is 38.9 Å². The van der Waals surface area contributed by atoms with E-state index in [9.17, 15) is 4.79 Å². The normalized spacial score (nSPS) is 14.8. The molecule has 0 amide bonds. The summed E-state index contributed by atoms with van der Waals surface area (Å²) in [4.78, 5) is 31.8. The number of halogens is 1. The number of hydrogen-bond donors (Lipinski definition) is 5. The number of rotatable bonds is 4. The first-order valence-corrected chi connectivity index (χ1v) is 13.2.